The Bertz CT molecular complexity index is 501. The lowest BCUT2D eigenvalue weighted by atomic mass is 10.0. The van der Waals surface area contributed by atoms with Crippen LogP contribution in [0.25, 0.3) is 0 Å². The normalized spacial score (nSPS) is 12.1. The third kappa shape index (κ3) is 6.48. The van der Waals surface area contributed by atoms with Crippen molar-refractivity contribution in [1.82, 2.24) is 15.5 Å². The predicted octanol–water partition coefficient (Wildman–Crippen LogP) is 2.76. The quantitative estimate of drug-likeness (QED) is 0.436. The van der Waals surface area contributed by atoms with Crippen LogP contribution < -0.4 is 10.6 Å². The van der Waals surface area contributed by atoms with Gasteiger partial charge in [-0.15, -0.1) is 24.0 Å². The second kappa shape index (κ2) is 9.29. The molecule has 22 heavy (non-hydrogen) atoms. The summed E-state index contributed by atoms with van der Waals surface area (Å²) < 4.78 is 13.2. The number of benzene rings is 1. The van der Waals surface area contributed by atoms with Crippen molar-refractivity contribution in [3.8, 4) is 0 Å². The summed E-state index contributed by atoms with van der Waals surface area (Å²) in [5, 5.41) is 6.55. The van der Waals surface area contributed by atoms with Crippen molar-refractivity contribution >= 4 is 29.9 Å². The smallest absolute Gasteiger partial charge is 0.191 e. The number of hydrogen-bond acceptors (Lipinski definition) is 2. The summed E-state index contributed by atoms with van der Waals surface area (Å²) in [5.41, 5.74) is 1.72. The minimum atomic E-state index is -0.172. The maximum Gasteiger partial charge on any atom is 0.191 e. The second-order valence-electron chi connectivity index (χ2n) is 6.07. The van der Waals surface area contributed by atoms with E-state index in [0.29, 0.717) is 12.1 Å². The van der Waals surface area contributed by atoms with Crippen molar-refractivity contribution in [3.63, 3.8) is 0 Å². The van der Waals surface area contributed by atoms with Gasteiger partial charge in [-0.05, 0) is 52.1 Å². The Balaban J connectivity index is 0.00000441. The standard InChI is InChI=1S/C16H27FN4.HI/c1-12-9-13(7-8-14(12)17)10-19-15(18-4)20-11-16(2,3)21(5)6;/h7-9H,10-11H2,1-6H3,(H2,18,19,20);1H. The number of hydrogen-bond donors (Lipinski definition) is 2. The van der Waals surface area contributed by atoms with Gasteiger partial charge in [0.15, 0.2) is 5.96 Å². The molecular weight excluding hydrogens is 394 g/mol. The molecule has 0 heterocycles. The Morgan fingerprint density at radius 3 is 2.41 bits per heavy atom. The number of likely N-dealkylation sites (N-methyl/N-ethyl adjacent to an activating group) is 1. The van der Waals surface area contributed by atoms with Crippen molar-refractivity contribution in [3.05, 3.63) is 35.1 Å². The summed E-state index contributed by atoms with van der Waals surface area (Å²) in [4.78, 5) is 6.37. The summed E-state index contributed by atoms with van der Waals surface area (Å²) in [7, 11) is 5.85. The highest BCUT2D eigenvalue weighted by atomic mass is 127. The van der Waals surface area contributed by atoms with Crippen LogP contribution in [0.4, 0.5) is 4.39 Å². The largest absolute Gasteiger partial charge is 0.355 e. The zero-order valence-corrected chi connectivity index (χ0v) is 16.7. The van der Waals surface area contributed by atoms with Crippen LogP contribution in [-0.2, 0) is 6.54 Å². The van der Waals surface area contributed by atoms with E-state index < -0.39 is 0 Å². The van der Waals surface area contributed by atoms with Crippen molar-refractivity contribution in [2.75, 3.05) is 27.7 Å². The summed E-state index contributed by atoms with van der Waals surface area (Å²) in [6.07, 6.45) is 0. The van der Waals surface area contributed by atoms with Crippen LogP contribution in [0.3, 0.4) is 0 Å². The highest BCUT2D eigenvalue weighted by Crippen LogP contribution is 2.09. The van der Waals surface area contributed by atoms with Crippen molar-refractivity contribution < 1.29 is 4.39 Å². The molecule has 1 rings (SSSR count). The minimum absolute atomic E-state index is 0. The van der Waals surface area contributed by atoms with Crippen LogP contribution in [0.1, 0.15) is 25.0 Å². The lowest BCUT2D eigenvalue weighted by molar-refractivity contribution is 0.197. The van der Waals surface area contributed by atoms with E-state index in [1.165, 1.54) is 6.07 Å². The Kier molecular flexibility index (Phi) is 8.92. The summed E-state index contributed by atoms with van der Waals surface area (Å²) >= 11 is 0. The lowest BCUT2D eigenvalue weighted by Crippen LogP contribution is -2.50. The molecule has 4 nitrogen and oxygen atoms in total. The number of aryl methyl sites for hydroxylation is 1. The molecule has 0 saturated carbocycles. The van der Waals surface area contributed by atoms with Gasteiger partial charge in [0.25, 0.3) is 0 Å². The van der Waals surface area contributed by atoms with Crippen molar-refractivity contribution in [1.29, 1.82) is 0 Å². The van der Waals surface area contributed by atoms with Gasteiger partial charge in [0.1, 0.15) is 5.82 Å². The number of aliphatic imine (C=N–C) groups is 1. The molecule has 6 heteroatoms. The fourth-order valence-corrected chi connectivity index (χ4v) is 1.68. The topological polar surface area (TPSA) is 39.7 Å². The molecule has 1 aromatic rings. The number of rotatable bonds is 5. The number of halogens is 2. The summed E-state index contributed by atoms with van der Waals surface area (Å²) in [6, 6.07) is 5.13. The maximum atomic E-state index is 13.2. The molecular formula is C16H28FIN4. The van der Waals surface area contributed by atoms with Gasteiger partial charge in [0.05, 0.1) is 0 Å². The lowest BCUT2D eigenvalue weighted by Gasteiger charge is -2.33. The first-order valence-corrected chi connectivity index (χ1v) is 7.13. The maximum absolute atomic E-state index is 13.2. The monoisotopic (exact) mass is 422 g/mol. The Morgan fingerprint density at radius 2 is 1.91 bits per heavy atom. The summed E-state index contributed by atoms with van der Waals surface area (Å²) in [6.45, 7) is 7.49. The van der Waals surface area contributed by atoms with Gasteiger partial charge in [-0.3, -0.25) is 4.99 Å². The second-order valence-corrected chi connectivity index (χ2v) is 6.07. The van der Waals surface area contributed by atoms with E-state index in [0.717, 1.165) is 18.1 Å². The molecule has 0 aliphatic heterocycles. The molecule has 2 N–H and O–H groups in total. The SMILES string of the molecule is CN=C(NCc1ccc(F)c(C)c1)NCC(C)(C)N(C)C.I. The third-order valence-electron chi connectivity index (χ3n) is 3.81. The minimum Gasteiger partial charge on any atom is -0.355 e. The van der Waals surface area contributed by atoms with Crippen molar-refractivity contribution in [2.45, 2.75) is 32.9 Å². The van der Waals surface area contributed by atoms with Gasteiger partial charge in [0.2, 0.25) is 0 Å². The van der Waals surface area contributed by atoms with Crippen LogP contribution in [0.15, 0.2) is 23.2 Å². The van der Waals surface area contributed by atoms with Crippen LogP contribution in [-0.4, -0.2) is 44.1 Å². The molecule has 0 atom stereocenters. The van der Waals surface area contributed by atoms with E-state index in [1.54, 1.807) is 20.0 Å². The Hall–Kier alpha value is -0.890. The average molecular weight is 422 g/mol. The van der Waals surface area contributed by atoms with Gasteiger partial charge in [-0.1, -0.05) is 12.1 Å². The Morgan fingerprint density at radius 1 is 1.27 bits per heavy atom. The first-order valence-electron chi connectivity index (χ1n) is 7.13. The predicted molar refractivity (Wildman–Crippen MR) is 103 cm³/mol. The molecule has 0 unspecified atom stereocenters. The molecule has 0 bridgehead atoms. The van der Waals surface area contributed by atoms with Crippen LogP contribution >= 0.6 is 24.0 Å². The van der Waals surface area contributed by atoms with Crippen LogP contribution in [0, 0.1) is 12.7 Å². The molecule has 0 aromatic heterocycles. The number of nitrogens with one attached hydrogen (secondary N) is 2. The van der Waals surface area contributed by atoms with Crippen LogP contribution in [0.5, 0.6) is 0 Å². The van der Waals surface area contributed by atoms with E-state index in [9.17, 15) is 4.39 Å². The zero-order chi connectivity index (χ0) is 16.0. The van der Waals surface area contributed by atoms with E-state index in [2.05, 4.69) is 48.5 Å². The van der Waals surface area contributed by atoms with Gasteiger partial charge >= 0.3 is 0 Å². The third-order valence-corrected chi connectivity index (χ3v) is 3.81. The first-order chi connectivity index (χ1) is 9.76. The van der Waals surface area contributed by atoms with Gasteiger partial charge in [-0.2, -0.15) is 0 Å². The Labute approximate surface area is 150 Å². The molecule has 0 aliphatic carbocycles. The highest BCUT2D eigenvalue weighted by molar-refractivity contribution is 14.0. The summed E-state index contributed by atoms with van der Waals surface area (Å²) in [5.74, 6) is 0.570. The van der Waals surface area contributed by atoms with Gasteiger partial charge < -0.3 is 15.5 Å². The average Bonchev–Trinajstić information content (AvgIpc) is 2.42. The molecule has 0 saturated heterocycles. The molecule has 0 radical (unpaired) electrons. The first kappa shape index (κ1) is 21.1. The molecule has 1 aromatic carbocycles. The molecule has 0 aliphatic rings. The van der Waals surface area contributed by atoms with E-state index in [-0.39, 0.29) is 35.3 Å². The van der Waals surface area contributed by atoms with Gasteiger partial charge in [0, 0.05) is 25.7 Å². The molecule has 0 spiro atoms. The number of guanidine groups is 1. The molecule has 0 amide bonds. The fraction of sp³-hybridized carbons (Fsp3) is 0.562. The van der Waals surface area contributed by atoms with Crippen LogP contribution in [0.2, 0.25) is 0 Å². The van der Waals surface area contributed by atoms with Crippen molar-refractivity contribution in [2.24, 2.45) is 4.99 Å². The zero-order valence-electron chi connectivity index (χ0n) is 14.3. The van der Waals surface area contributed by atoms with E-state index >= 15 is 0 Å². The fourth-order valence-electron chi connectivity index (χ4n) is 1.68. The highest BCUT2D eigenvalue weighted by Gasteiger charge is 2.20. The number of nitrogens with zero attached hydrogens (tertiary/aromatic N) is 2. The molecule has 0 fully saturated rings. The van der Waals surface area contributed by atoms with E-state index in [1.807, 2.05) is 6.07 Å². The van der Waals surface area contributed by atoms with Gasteiger partial charge in [-0.25, -0.2) is 4.39 Å². The van der Waals surface area contributed by atoms with E-state index in [4.69, 9.17) is 0 Å². The molecule has 126 valence electrons.